The summed E-state index contributed by atoms with van der Waals surface area (Å²) < 4.78 is 15.6. The predicted molar refractivity (Wildman–Crippen MR) is 97.5 cm³/mol. The van der Waals surface area contributed by atoms with Crippen LogP contribution in [-0.4, -0.2) is 38.7 Å². The molecule has 0 aromatic carbocycles. The lowest BCUT2D eigenvalue weighted by molar-refractivity contribution is 0.0994. The van der Waals surface area contributed by atoms with Crippen LogP contribution in [0.4, 0.5) is 16.0 Å². The summed E-state index contributed by atoms with van der Waals surface area (Å²) in [5.41, 5.74) is 1.85. The molecule has 0 spiro atoms. The van der Waals surface area contributed by atoms with E-state index in [0.29, 0.717) is 11.3 Å². The maximum Gasteiger partial charge on any atom is 0.263 e. The van der Waals surface area contributed by atoms with Crippen molar-refractivity contribution in [2.75, 3.05) is 22.9 Å². The molecule has 0 radical (unpaired) electrons. The van der Waals surface area contributed by atoms with Gasteiger partial charge in [-0.15, -0.1) is 0 Å². The van der Waals surface area contributed by atoms with Crippen LogP contribution in [0.3, 0.4) is 0 Å². The van der Waals surface area contributed by atoms with E-state index in [1.165, 1.54) is 36.1 Å². The van der Waals surface area contributed by atoms with Gasteiger partial charge in [-0.2, -0.15) is 5.10 Å². The zero-order valence-corrected chi connectivity index (χ0v) is 14.5. The van der Waals surface area contributed by atoms with E-state index >= 15 is 0 Å². The van der Waals surface area contributed by atoms with Crippen LogP contribution < -0.4 is 9.80 Å². The van der Waals surface area contributed by atoms with Crippen LogP contribution in [0, 0.1) is 5.82 Å². The molecule has 0 saturated carbocycles. The molecule has 136 valence electrons. The van der Waals surface area contributed by atoms with E-state index in [0.717, 1.165) is 24.6 Å². The third-order valence-electron chi connectivity index (χ3n) is 5.00. The van der Waals surface area contributed by atoms with Gasteiger partial charge >= 0.3 is 0 Å². The lowest BCUT2D eigenvalue weighted by atomic mass is 10.3. The average molecular weight is 364 g/mol. The van der Waals surface area contributed by atoms with Gasteiger partial charge in [0, 0.05) is 25.5 Å². The van der Waals surface area contributed by atoms with E-state index in [9.17, 15) is 9.18 Å². The van der Waals surface area contributed by atoms with Gasteiger partial charge in [-0.25, -0.2) is 19.0 Å². The van der Waals surface area contributed by atoms with E-state index in [2.05, 4.69) is 20.0 Å². The quantitative estimate of drug-likeness (QED) is 0.715. The monoisotopic (exact) mass is 364 g/mol. The highest BCUT2D eigenvalue weighted by Crippen LogP contribution is 2.28. The number of carbonyl (C=O) groups is 1. The van der Waals surface area contributed by atoms with Crippen molar-refractivity contribution in [3.05, 3.63) is 59.9 Å². The summed E-state index contributed by atoms with van der Waals surface area (Å²) in [5.74, 6) is 0.175. The molecule has 0 unspecified atom stereocenters. The summed E-state index contributed by atoms with van der Waals surface area (Å²) in [6, 6.07) is 6.71. The molecule has 27 heavy (non-hydrogen) atoms. The fourth-order valence-corrected chi connectivity index (χ4v) is 3.60. The number of halogens is 1. The summed E-state index contributed by atoms with van der Waals surface area (Å²) in [4.78, 5) is 24.7. The highest BCUT2D eigenvalue weighted by Gasteiger charge is 2.34. The molecule has 0 bridgehead atoms. The first-order valence-electron chi connectivity index (χ1n) is 8.93. The van der Waals surface area contributed by atoms with Crippen molar-refractivity contribution in [1.29, 1.82) is 0 Å². The maximum atomic E-state index is 14.0. The van der Waals surface area contributed by atoms with Gasteiger partial charge in [0.05, 0.1) is 29.7 Å². The molecule has 1 fully saturated rings. The molecule has 7 nitrogen and oxygen atoms in total. The number of anilines is 2. The third kappa shape index (κ3) is 2.64. The van der Waals surface area contributed by atoms with Crippen LogP contribution in [0.25, 0.3) is 5.69 Å². The smallest absolute Gasteiger partial charge is 0.263 e. The van der Waals surface area contributed by atoms with Crippen molar-refractivity contribution >= 4 is 17.5 Å². The molecular formula is C19H17FN6O. The molecule has 3 aromatic heterocycles. The first-order chi connectivity index (χ1) is 13.2. The largest absolute Gasteiger partial charge is 0.357 e. The molecule has 2 aliphatic heterocycles. The normalized spacial score (nSPS) is 16.3. The summed E-state index contributed by atoms with van der Waals surface area (Å²) in [7, 11) is 0. The van der Waals surface area contributed by atoms with Gasteiger partial charge in [-0.1, -0.05) is 0 Å². The van der Waals surface area contributed by atoms with Crippen molar-refractivity contribution < 1.29 is 9.18 Å². The summed E-state index contributed by atoms with van der Waals surface area (Å²) >= 11 is 0. The van der Waals surface area contributed by atoms with E-state index in [1.54, 1.807) is 17.1 Å². The SMILES string of the molecule is O=C1c2cn(-c3ccc(N4CCCC4)nc3)nc2CN1c1ncccc1F. The molecule has 0 aliphatic carbocycles. The van der Waals surface area contributed by atoms with Crippen molar-refractivity contribution in [1.82, 2.24) is 19.7 Å². The average Bonchev–Trinajstić information content (AvgIpc) is 3.41. The maximum absolute atomic E-state index is 14.0. The Hall–Kier alpha value is -3.29. The molecule has 5 rings (SSSR count). The Balaban J connectivity index is 1.40. The minimum atomic E-state index is -0.523. The van der Waals surface area contributed by atoms with Gasteiger partial charge in [-0.3, -0.25) is 9.69 Å². The van der Waals surface area contributed by atoms with E-state index in [1.807, 2.05) is 12.1 Å². The van der Waals surface area contributed by atoms with E-state index < -0.39 is 5.82 Å². The van der Waals surface area contributed by atoms with Gasteiger partial charge in [0.25, 0.3) is 5.91 Å². The highest BCUT2D eigenvalue weighted by atomic mass is 19.1. The number of hydrogen-bond donors (Lipinski definition) is 0. The Kier molecular flexibility index (Phi) is 3.63. The zero-order chi connectivity index (χ0) is 18.4. The van der Waals surface area contributed by atoms with Crippen LogP contribution in [0.15, 0.2) is 42.9 Å². The Bertz CT molecular complexity index is 1010. The number of fused-ring (bicyclic) bond motifs is 1. The van der Waals surface area contributed by atoms with Crippen molar-refractivity contribution in [2.45, 2.75) is 19.4 Å². The van der Waals surface area contributed by atoms with Crippen LogP contribution in [0.2, 0.25) is 0 Å². The van der Waals surface area contributed by atoms with Crippen LogP contribution >= 0.6 is 0 Å². The van der Waals surface area contributed by atoms with Crippen molar-refractivity contribution in [2.24, 2.45) is 0 Å². The summed E-state index contributed by atoms with van der Waals surface area (Å²) in [6.07, 6.45) is 7.30. The van der Waals surface area contributed by atoms with E-state index in [4.69, 9.17) is 0 Å². The van der Waals surface area contributed by atoms with Gasteiger partial charge in [-0.05, 0) is 37.1 Å². The fourth-order valence-electron chi connectivity index (χ4n) is 3.60. The van der Waals surface area contributed by atoms with Gasteiger partial charge < -0.3 is 4.90 Å². The Morgan fingerprint density at radius 1 is 1.07 bits per heavy atom. The molecular weight excluding hydrogens is 347 g/mol. The second-order valence-electron chi connectivity index (χ2n) is 6.70. The molecule has 3 aromatic rings. The number of rotatable bonds is 3. The number of pyridine rings is 2. The molecule has 1 saturated heterocycles. The number of nitrogens with zero attached hydrogens (tertiary/aromatic N) is 6. The summed E-state index contributed by atoms with van der Waals surface area (Å²) in [5, 5.41) is 4.49. The number of carbonyl (C=O) groups excluding carboxylic acids is 1. The van der Waals surface area contributed by atoms with Gasteiger partial charge in [0.15, 0.2) is 11.6 Å². The second-order valence-corrected chi connectivity index (χ2v) is 6.70. The van der Waals surface area contributed by atoms with Crippen molar-refractivity contribution in [3.8, 4) is 5.69 Å². The number of aromatic nitrogens is 4. The fraction of sp³-hybridized carbons (Fsp3) is 0.263. The van der Waals surface area contributed by atoms with Crippen LogP contribution in [0.1, 0.15) is 28.9 Å². The number of hydrogen-bond acceptors (Lipinski definition) is 5. The summed E-state index contributed by atoms with van der Waals surface area (Å²) in [6.45, 7) is 2.28. The molecule has 8 heteroatoms. The van der Waals surface area contributed by atoms with Gasteiger partial charge in [0.1, 0.15) is 5.82 Å². The molecule has 2 aliphatic rings. The zero-order valence-electron chi connectivity index (χ0n) is 14.5. The third-order valence-corrected chi connectivity index (χ3v) is 5.00. The van der Waals surface area contributed by atoms with Crippen LogP contribution in [0.5, 0.6) is 0 Å². The van der Waals surface area contributed by atoms with E-state index in [-0.39, 0.29) is 18.3 Å². The first kappa shape index (κ1) is 15.9. The Labute approximate surface area is 155 Å². The molecule has 5 heterocycles. The minimum Gasteiger partial charge on any atom is -0.357 e. The Morgan fingerprint density at radius 3 is 2.63 bits per heavy atom. The molecule has 0 N–H and O–H groups in total. The Morgan fingerprint density at radius 2 is 1.93 bits per heavy atom. The lowest BCUT2D eigenvalue weighted by Crippen LogP contribution is -2.25. The lowest BCUT2D eigenvalue weighted by Gasteiger charge is -2.16. The predicted octanol–water partition coefficient (Wildman–Crippen LogP) is 2.56. The van der Waals surface area contributed by atoms with Gasteiger partial charge in [0.2, 0.25) is 0 Å². The standard InChI is InChI=1S/C19H17FN6O/c20-15-4-3-7-21-18(15)25-12-16-14(19(25)27)11-26(23-16)13-5-6-17(22-10-13)24-8-1-2-9-24/h3-7,10-11H,1-2,8-9,12H2. The van der Waals surface area contributed by atoms with Crippen molar-refractivity contribution in [3.63, 3.8) is 0 Å². The topological polar surface area (TPSA) is 67.2 Å². The van der Waals surface area contributed by atoms with Crippen LogP contribution in [-0.2, 0) is 6.54 Å². The molecule has 1 amide bonds. The molecule has 0 atom stereocenters. The minimum absolute atomic E-state index is 0.0312. The second kappa shape index (κ2) is 6.15. The highest BCUT2D eigenvalue weighted by molar-refractivity contribution is 6.09. The first-order valence-corrected chi connectivity index (χ1v) is 8.93. The number of amides is 1.